The van der Waals surface area contributed by atoms with Crippen LogP contribution in [0.4, 0.5) is 26.3 Å². The summed E-state index contributed by atoms with van der Waals surface area (Å²) in [6.45, 7) is 0.573. The van der Waals surface area contributed by atoms with Crippen LogP contribution in [0.2, 0.25) is 5.02 Å². The number of likely N-dealkylation sites (N-methyl/N-ethyl adjacent to an activating group) is 1. The molecule has 0 saturated carbocycles. The van der Waals surface area contributed by atoms with E-state index in [1.807, 2.05) is 0 Å². The van der Waals surface area contributed by atoms with Gasteiger partial charge in [0.1, 0.15) is 6.04 Å². The molecule has 2 aromatic carbocycles. The Morgan fingerprint density at radius 1 is 1.02 bits per heavy atom. The number of amides is 3. The van der Waals surface area contributed by atoms with Gasteiger partial charge in [-0.3, -0.25) is 14.4 Å². The Labute approximate surface area is 231 Å². The summed E-state index contributed by atoms with van der Waals surface area (Å²) in [5.74, 6) is -1.99. The van der Waals surface area contributed by atoms with Crippen molar-refractivity contribution in [3.8, 4) is 0 Å². The summed E-state index contributed by atoms with van der Waals surface area (Å²) in [6.07, 6.45) is -6.03. The molecule has 1 aliphatic heterocycles. The summed E-state index contributed by atoms with van der Waals surface area (Å²) in [6, 6.07) is 6.89. The van der Waals surface area contributed by atoms with Crippen LogP contribution in [0.5, 0.6) is 0 Å². The topological polar surface area (TPSA) is 69.7 Å². The summed E-state index contributed by atoms with van der Waals surface area (Å²) in [5.41, 5.74) is -3.13. The van der Waals surface area contributed by atoms with E-state index in [0.29, 0.717) is 43.1 Å². The minimum Gasteiger partial charge on any atom is -0.341 e. The first-order valence-electron chi connectivity index (χ1n) is 12.2. The Balaban J connectivity index is 1.62. The van der Waals surface area contributed by atoms with Crippen LogP contribution >= 0.6 is 11.6 Å². The van der Waals surface area contributed by atoms with Gasteiger partial charge in [-0.2, -0.15) is 26.3 Å². The Kier molecular flexibility index (Phi) is 9.88. The lowest BCUT2D eigenvalue weighted by atomic mass is 10.0. The number of alkyl halides is 6. The second-order valence-corrected chi connectivity index (χ2v) is 9.76. The molecule has 0 unspecified atom stereocenters. The van der Waals surface area contributed by atoms with Gasteiger partial charge in [-0.05, 0) is 55.2 Å². The maximum atomic E-state index is 13.1. The summed E-state index contributed by atoms with van der Waals surface area (Å²) in [4.78, 5) is 40.6. The maximum Gasteiger partial charge on any atom is 0.416 e. The Morgan fingerprint density at radius 2 is 1.62 bits per heavy atom. The van der Waals surface area contributed by atoms with E-state index < -0.39 is 46.9 Å². The molecule has 0 bridgehead atoms. The lowest BCUT2D eigenvalue weighted by Gasteiger charge is -2.25. The van der Waals surface area contributed by atoms with E-state index in [2.05, 4.69) is 5.32 Å². The van der Waals surface area contributed by atoms with Crippen molar-refractivity contribution in [3.05, 3.63) is 81.9 Å². The molecule has 0 spiro atoms. The van der Waals surface area contributed by atoms with Crippen LogP contribution < -0.4 is 5.32 Å². The third kappa shape index (κ3) is 8.48. The number of likely N-dealkylation sites (tertiary alicyclic amines) is 1. The number of hydrogen-bond donors (Lipinski definition) is 1. The van der Waals surface area contributed by atoms with Crippen LogP contribution in [0.25, 0.3) is 0 Å². The number of hydrogen-bond acceptors (Lipinski definition) is 3. The fourth-order valence-electron chi connectivity index (χ4n) is 4.13. The zero-order valence-corrected chi connectivity index (χ0v) is 22.0. The van der Waals surface area contributed by atoms with Crippen molar-refractivity contribution in [2.24, 2.45) is 0 Å². The van der Waals surface area contributed by atoms with Gasteiger partial charge in [-0.25, -0.2) is 0 Å². The number of halogens is 7. The predicted molar refractivity (Wildman–Crippen MR) is 135 cm³/mol. The van der Waals surface area contributed by atoms with E-state index in [-0.39, 0.29) is 18.5 Å². The zero-order chi connectivity index (χ0) is 29.7. The van der Waals surface area contributed by atoms with Crippen molar-refractivity contribution in [1.29, 1.82) is 0 Å². The van der Waals surface area contributed by atoms with Gasteiger partial charge < -0.3 is 15.1 Å². The van der Waals surface area contributed by atoms with E-state index in [9.17, 15) is 40.7 Å². The molecular formula is C27H26ClF6N3O3. The van der Waals surface area contributed by atoms with E-state index in [1.165, 1.54) is 13.1 Å². The first-order valence-corrected chi connectivity index (χ1v) is 12.6. The first-order chi connectivity index (χ1) is 18.6. The van der Waals surface area contributed by atoms with Crippen LogP contribution in [0.1, 0.15) is 46.3 Å². The normalized spacial score (nSPS) is 16.6. The first kappa shape index (κ1) is 31.0. The average Bonchev–Trinajstić information content (AvgIpc) is 3.04. The Hall–Kier alpha value is -3.54. The summed E-state index contributed by atoms with van der Waals surface area (Å²) < 4.78 is 78.6. The quantitative estimate of drug-likeness (QED) is 0.333. The average molecular weight is 590 g/mol. The fraction of sp³-hybridized carbons (Fsp3) is 0.370. The molecule has 6 nitrogen and oxygen atoms in total. The number of rotatable bonds is 7. The SMILES string of the molecule is CN(CC=CC(=O)N[C@@H]1CCCCN(Cc2ccc(Cl)cc2)C1=O)C(=O)c1cc(C(F)(F)F)cc(C(F)(F)F)c1. The van der Waals surface area contributed by atoms with Crippen molar-refractivity contribution in [2.75, 3.05) is 20.1 Å². The molecule has 216 valence electrons. The number of nitrogens with one attached hydrogen (secondary N) is 1. The van der Waals surface area contributed by atoms with Gasteiger partial charge >= 0.3 is 12.4 Å². The van der Waals surface area contributed by atoms with Gasteiger partial charge in [0.15, 0.2) is 0 Å². The summed E-state index contributed by atoms with van der Waals surface area (Å²) in [7, 11) is 1.17. The third-order valence-corrected chi connectivity index (χ3v) is 6.47. The van der Waals surface area contributed by atoms with Crippen LogP contribution in [0.3, 0.4) is 0 Å². The van der Waals surface area contributed by atoms with E-state index in [0.717, 1.165) is 23.0 Å². The molecule has 3 amide bonds. The molecule has 0 aromatic heterocycles. The van der Waals surface area contributed by atoms with Crippen molar-refractivity contribution in [3.63, 3.8) is 0 Å². The molecule has 1 saturated heterocycles. The van der Waals surface area contributed by atoms with Gasteiger partial charge in [-0.15, -0.1) is 0 Å². The maximum absolute atomic E-state index is 13.1. The zero-order valence-electron chi connectivity index (χ0n) is 21.3. The van der Waals surface area contributed by atoms with E-state index in [4.69, 9.17) is 11.6 Å². The number of nitrogens with zero attached hydrogens (tertiary/aromatic N) is 2. The van der Waals surface area contributed by atoms with Crippen LogP contribution in [-0.2, 0) is 28.5 Å². The van der Waals surface area contributed by atoms with Crippen molar-refractivity contribution in [2.45, 2.75) is 44.2 Å². The predicted octanol–water partition coefficient (Wildman–Crippen LogP) is 5.70. The molecule has 2 aromatic rings. The fourth-order valence-corrected chi connectivity index (χ4v) is 4.25. The van der Waals surface area contributed by atoms with Crippen molar-refractivity contribution in [1.82, 2.24) is 15.1 Å². The molecule has 1 atom stereocenters. The summed E-state index contributed by atoms with van der Waals surface area (Å²) >= 11 is 5.91. The van der Waals surface area contributed by atoms with E-state index in [1.54, 1.807) is 29.2 Å². The molecule has 1 fully saturated rings. The smallest absolute Gasteiger partial charge is 0.341 e. The lowest BCUT2D eigenvalue weighted by Crippen LogP contribution is -2.46. The Bertz CT molecular complexity index is 1230. The molecule has 1 N–H and O–H groups in total. The number of carbonyl (C=O) groups excluding carboxylic acids is 3. The van der Waals surface area contributed by atoms with Gasteiger partial charge in [0.05, 0.1) is 11.1 Å². The minimum atomic E-state index is -5.09. The van der Waals surface area contributed by atoms with Crippen molar-refractivity contribution >= 4 is 29.3 Å². The molecule has 13 heteroatoms. The third-order valence-electron chi connectivity index (χ3n) is 6.21. The standard InChI is InChI=1S/C27H26ClF6N3O3/c1-36(24(39)18-13-19(26(29,30)31)15-20(14-18)27(32,33)34)11-4-6-23(38)35-22-5-2-3-12-37(25(22)40)16-17-7-9-21(28)10-8-17/h4,6-10,13-15,22H,2-3,5,11-12,16H2,1H3,(H,35,38)/t22-/m1/s1. The van der Waals surface area contributed by atoms with Gasteiger partial charge in [0, 0.05) is 43.3 Å². The number of benzene rings is 2. The highest BCUT2D eigenvalue weighted by Crippen LogP contribution is 2.36. The van der Waals surface area contributed by atoms with Gasteiger partial charge in [0.2, 0.25) is 11.8 Å². The van der Waals surface area contributed by atoms with E-state index >= 15 is 0 Å². The highest BCUT2D eigenvalue weighted by Gasteiger charge is 2.37. The molecule has 40 heavy (non-hydrogen) atoms. The highest BCUT2D eigenvalue weighted by atomic mass is 35.5. The molecular weight excluding hydrogens is 564 g/mol. The minimum absolute atomic E-state index is 0.0631. The Morgan fingerprint density at radius 3 is 2.20 bits per heavy atom. The summed E-state index contributed by atoms with van der Waals surface area (Å²) in [5, 5.41) is 3.19. The monoisotopic (exact) mass is 589 g/mol. The van der Waals surface area contributed by atoms with Crippen LogP contribution in [0, 0.1) is 0 Å². The largest absolute Gasteiger partial charge is 0.416 e. The molecule has 1 aliphatic rings. The number of carbonyl (C=O) groups is 3. The lowest BCUT2D eigenvalue weighted by molar-refractivity contribution is -0.143. The molecule has 1 heterocycles. The van der Waals surface area contributed by atoms with Crippen molar-refractivity contribution < 1.29 is 40.7 Å². The molecule has 0 aliphatic carbocycles. The molecule has 0 radical (unpaired) electrons. The second kappa shape index (κ2) is 12.8. The second-order valence-electron chi connectivity index (χ2n) is 9.33. The van der Waals surface area contributed by atoms with Gasteiger partial charge in [0.25, 0.3) is 5.91 Å². The highest BCUT2D eigenvalue weighted by molar-refractivity contribution is 6.30. The van der Waals surface area contributed by atoms with Crippen LogP contribution in [-0.4, -0.2) is 53.7 Å². The van der Waals surface area contributed by atoms with Crippen LogP contribution in [0.15, 0.2) is 54.6 Å². The van der Waals surface area contributed by atoms with Gasteiger partial charge in [-0.1, -0.05) is 29.8 Å². The molecule has 3 rings (SSSR count).